The van der Waals surface area contributed by atoms with Crippen molar-refractivity contribution in [2.75, 3.05) is 13.1 Å². The summed E-state index contributed by atoms with van der Waals surface area (Å²) in [6, 6.07) is 16.5. The molecule has 29 heavy (non-hydrogen) atoms. The molecular formula is C26H36NO2+. The van der Waals surface area contributed by atoms with Crippen molar-refractivity contribution in [3.8, 4) is 0 Å². The minimum atomic E-state index is -0.535. The molecule has 2 aromatic rings. The number of benzene rings is 2. The molecule has 2 aromatic carbocycles. The van der Waals surface area contributed by atoms with Crippen LogP contribution in [-0.2, 0) is 21.2 Å². The van der Waals surface area contributed by atoms with Crippen LogP contribution in [-0.4, -0.2) is 19.1 Å². The number of hydrogen-bond donors (Lipinski definition) is 1. The fourth-order valence-electron chi connectivity index (χ4n) is 3.98. The zero-order valence-electron chi connectivity index (χ0n) is 18.8. The summed E-state index contributed by atoms with van der Waals surface area (Å²) in [5, 5.41) is 2.30. The first-order valence-electron chi connectivity index (χ1n) is 10.8. The summed E-state index contributed by atoms with van der Waals surface area (Å²) in [7, 11) is 0. The third kappa shape index (κ3) is 4.90. The summed E-state index contributed by atoms with van der Waals surface area (Å²) in [4.78, 5) is 13.4. The van der Waals surface area contributed by atoms with Crippen LogP contribution in [0.5, 0.6) is 0 Å². The fraction of sp³-hybridized carbons (Fsp3) is 0.500. The van der Waals surface area contributed by atoms with E-state index in [4.69, 9.17) is 4.74 Å². The van der Waals surface area contributed by atoms with Crippen LogP contribution in [0.25, 0.3) is 0 Å². The number of carbonyl (C=O) groups is 1. The Balaban J connectivity index is 2.00. The molecule has 0 bridgehead atoms. The highest BCUT2D eigenvalue weighted by atomic mass is 16.6. The predicted molar refractivity (Wildman–Crippen MR) is 118 cm³/mol. The molecule has 3 rings (SSSR count). The van der Waals surface area contributed by atoms with Crippen molar-refractivity contribution in [2.45, 2.75) is 70.8 Å². The van der Waals surface area contributed by atoms with E-state index in [1.54, 1.807) is 0 Å². The number of nitrogens with two attached hydrogens (primary N) is 1. The number of hydrogen-bond acceptors (Lipinski definition) is 2. The first-order chi connectivity index (χ1) is 13.5. The van der Waals surface area contributed by atoms with E-state index in [-0.39, 0.29) is 16.8 Å². The van der Waals surface area contributed by atoms with Gasteiger partial charge in [-0.05, 0) is 39.7 Å². The summed E-state index contributed by atoms with van der Waals surface area (Å²) in [5.41, 5.74) is 3.49. The van der Waals surface area contributed by atoms with Crippen molar-refractivity contribution >= 4 is 5.97 Å². The molecule has 1 aliphatic rings. The lowest BCUT2D eigenvalue weighted by Crippen LogP contribution is -2.87. The molecule has 3 nitrogen and oxygen atoms in total. The quantitative estimate of drug-likeness (QED) is 0.768. The normalized spacial score (nSPS) is 17.0. The van der Waals surface area contributed by atoms with E-state index in [0.29, 0.717) is 5.56 Å². The summed E-state index contributed by atoms with van der Waals surface area (Å²) in [6.45, 7) is 15.1. The van der Waals surface area contributed by atoms with Gasteiger partial charge in [0.05, 0.1) is 18.7 Å². The second kappa shape index (κ2) is 7.95. The van der Waals surface area contributed by atoms with Gasteiger partial charge in [-0.3, -0.25) is 0 Å². The van der Waals surface area contributed by atoms with Crippen molar-refractivity contribution in [1.29, 1.82) is 0 Å². The first-order valence-corrected chi connectivity index (χ1v) is 10.8. The molecular weight excluding hydrogens is 358 g/mol. The van der Waals surface area contributed by atoms with E-state index in [9.17, 15) is 4.79 Å². The maximum atomic E-state index is 13.4. The number of ether oxygens (including phenoxy) is 1. The molecule has 156 valence electrons. The minimum absolute atomic E-state index is 0.0345. The Morgan fingerprint density at radius 2 is 1.38 bits per heavy atom. The van der Waals surface area contributed by atoms with Gasteiger partial charge in [-0.25, -0.2) is 4.79 Å². The first kappa shape index (κ1) is 21.6. The van der Waals surface area contributed by atoms with Gasteiger partial charge >= 0.3 is 5.97 Å². The highest BCUT2D eigenvalue weighted by Gasteiger charge is 2.40. The molecule has 0 aromatic heterocycles. The molecule has 1 heterocycles. The molecule has 0 aliphatic carbocycles. The fourth-order valence-corrected chi connectivity index (χ4v) is 3.98. The Morgan fingerprint density at radius 1 is 0.862 bits per heavy atom. The molecule has 0 atom stereocenters. The Bertz CT molecular complexity index is 818. The topological polar surface area (TPSA) is 42.9 Å². The molecule has 1 fully saturated rings. The van der Waals surface area contributed by atoms with Gasteiger partial charge in [-0.1, -0.05) is 77.9 Å². The molecule has 3 heteroatoms. The van der Waals surface area contributed by atoms with Gasteiger partial charge in [-0.2, -0.15) is 0 Å². The van der Waals surface area contributed by atoms with Gasteiger partial charge in [0.15, 0.2) is 0 Å². The van der Waals surface area contributed by atoms with Crippen molar-refractivity contribution in [2.24, 2.45) is 0 Å². The van der Waals surface area contributed by atoms with Crippen LogP contribution in [0.2, 0.25) is 0 Å². The van der Waals surface area contributed by atoms with Crippen molar-refractivity contribution < 1.29 is 14.8 Å². The molecule has 2 N–H and O–H groups in total. The van der Waals surface area contributed by atoms with Gasteiger partial charge in [0.1, 0.15) is 5.60 Å². The molecule has 0 radical (unpaired) electrons. The zero-order valence-corrected chi connectivity index (χ0v) is 18.8. The summed E-state index contributed by atoms with van der Waals surface area (Å²) < 4.78 is 6.33. The SMILES string of the molecule is CC(C)(C)c1cc(C(=O)OC2(c3ccccc3)CC[NH2+]CC2)cc(C(C)(C)C)c1. The lowest BCUT2D eigenvalue weighted by atomic mass is 9.79. The van der Waals surface area contributed by atoms with E-state index in [0.717, 1.165) is 31.5 Å². The lowest BCUT2D eigenvalue weighted by Gasteiger charge is -2.36. The Morgan fingerprint density at radius 3 is 1.86 bits per heavy atom. The highest BCUT2D eigenvalue weighted by molar-refractivity contribution is 5.90. The van der Waals surface area contributed by atoms with Gasteiger partial charge in [0.2, 0.25) is 0 Å². The van der Waals surface area contributed by atoms with E-state index in [1.807, 2.05) is 30.3 Å². The van der Waals surface area contributed by atoms with E-state index >= 15 is 0 Å². The van der Waals surface area contributed by atoms with E-state index < -0.39 is 5.60 Å². The number of carbonyl (C=O) groups excluding carboxylic acids is 1. The number of rotatable bonds is 3. The number of piperidine rings is 1. The Labute approximate surface area is 175 Å². The summed E-state index contributed by atoms with van der Waals surface area (Å²) in [6.07, 6.45) is 1.68. The van der Waals surface area contributed by atoms with Gasteiger partial charge in [0.25, 0.3) is 0 Å². The maximum Gasteiger partial charge on any atom is 0.339 e. The maximum absolute atomic E-state index is 13.4. The average molecular weight is 395 g/mol. The third-order valence-corrected chi connectivity index (χ3v) is 5.99. The van der Waals surface area contributed by atoms with Crippen LogP contribution in [0.4, 0.5) is 0 Å². The molecule has 1 saturated heterocycles. The standard InChI is InChI=1S/C26H35NO2/c1-24(2,3)21-16-19(17-22(18-21)25(4,5)6)23(28)29-26(12-14-27-15-13-26)20-10-8-7-9-11-20/h7-11,16-18,27H,12-15H2,1-6H3/p+1. The van der Waals surface area contributed by atoms with E-state index in [2.05, 4.69) is 65.1 Å². The molecule has 0 amide bonds. The van der Waals surface area contributed by atoms with Crippen LogP contribution < -0.4 is 5.32 Å². The van der Waals surface area contributed by atoms with Crippen LogP contribution in [0.1, 0.15) is 81.4 Å². The number of quaternary nitrogens is 1. The van der Waals surface area contributed by atoms with Gasteiger partial charge < -0.3 is 10.1 Å². The van der Waals surface area contributed by atoms with Crippen LogP contribution in [0.15, 0.2) is 48.5 Å². The highest BCUT2D eigenvalue weighted by Crippen LogP contribution is 2.36. The second-order valence-corrected chi connectivity index (χ2v) is 10.4. The number of esters is 1. The largest absolute Gasteiger partial charge is 0.450 e. The predicted octanol–water partition coefficient (Wildman–Crippen LogP) is 4.69. The molecule has 0 spiro atoms. The second-order valence-electron chi connectivity index (χ2n) is 10.4. The molecule has 1 aliphatic heterocycles. The Kier molecular flexibility index (Phi) is 5.91. The molecule has 0 unspecified atom stereocenters. The monoisotopic (exact) mass is 394 g/mol. The van der Waals surface area contributed by atoms with Crippen LogP contribution >= 0.6 is 0 Å². The Hall–Kier alpha value is -2.13. The average Bonchev–Trinajstić information content (AvgIpc) is 2.67. The van der Waals surface area contributed by atoms with Crippen molar-refractivity contribution in [3.05, 3.63) is 70.8 Å². The van der Waals surface area contributed by atoms with Crippen molar-refractivity contribution in [1.82, 2.24) is 0 Å². The van der Waals surface area contributed by atoms with Gasteiger partial charge in [-0.15, -0.1) is 0 Å². The third-order valence-electron chi connectivity index (χ3n) is 5.99. The minimum Gasteiger partial charge on any atom is -0.450 e. The summed E-state index contributed by atoms with van der Waals surface area (Å²) >= 11 is 0. The smallest absolute Gasteiger partial charge is 0.339 e. The van der Waals surface area contributed by atoms with Crippen LogP contribution in [0, 0.1) is 0 Å². The van der Waals surface area contributed by atoms with E-state index in [1.165, 1.54) is 11.1 Å². The zero-order chi connectivity index (χ0) is 21.3. The lowest BCUT2D eigenvalue weighted by molar-refractivity contribution is -0.668. The van der Waals surface area contributed by atoms with Gasteiger partial charge in [0, 0.05) is 12.8 Å². The summed E-state index contributed by atoms with van der Waals surface area (Å²) in [5.74, 6) is -0.215. The van der Waals surface area contributed by atoms with Crippen LogP contribution in [0.3, 0.4) is 0 Å². The van der Waals surface area contributed by atoms with Crippen molar-refractivity contribution in [3.63, 3.8) is 0 Å². The molecule has 0 saturated carbocycles.